The number of aromatic nitrogens is 3. The van der Waals surface area contributed by atoms with Crippen molar-refractivity contribution in [3.63, 3.8) is 0 Å². The van der Waals surface area contributed by atoms with E-state index in [4.69, 9.17) is 0 Å². The molecular weight excluding hydrogens is 1070 g/mol. The van der Waals surface area contributed by atoms with E-state index in [0.717, 1.165) is 77.6 Å². The summed E-state index contributed by atoms with van der Waals surface area (Å²) in [6.45, 7) is 7.49. The first kappa shape index (κ1) is 62.1. The number of nitrogens with one attached hydrogen (secondary N) is 3. The van der Waals surface area contributed by atoms with Crippen molar-refractivity contribution in [2.45, 2.75) is 179 Å². The molecule has 438 valence electrons. The summed E-state index contributed by atoms with van der Waals surface area (Å²) >= 11 is 0. The Morgan fingerprint density at radius 1 is 0.494 bits per heavy atom. The third-order valence-corrected chi connectivity index (χ3v) is 15.5. The molecule has 9 rings (SSSR count). The first-order valence-electron chi connectivity index (χ1n) is 27.4. The molecule has 3 N–H and O–H groups in total. The standard InChI is InChI=1S/C21H24F4N2O.C20H22F4N2O.C20H23F3N2O/c1-20(13-21(23,24)25,11-14-6-3-2-4-7-14)27-19(28)16-10-15-8-5-9-17(22)18(15)26-12-16;1-19(12-20(22,23)24,10-13-5-2-3-6-13)26-18(27)15-9-14-7-4-8-16(21)17(14)25-11-15;1-18(7-8-18)11-19(2,12-20(3,22)23)25-17(26)14-9-13-5-4-6-15(21)16(13)24-10-14/h5,8-10,12,14H,2-4,6-7,11,13H2,1H3,(H,27,28);4,7-9,11,13H,2-3,5-6,10,12H2,1H3,(H,26,27);4-6,9-10H,7-8,11-12H2,1-3H3,(H,25,26)/t20-;2*19-/m000/s1. The predicted molar refractivity (Wildman–Crippen MR) is 289 cm³/mol. The van der Waals surface area contributed by atoms with Crippen LogP contribution in [0.15, 0.2) is 91.4 Å². The van der Waals surface area contributed by atoms with Crippen LogP contribution in [-0.2, 0) is 0 Å². The van der Waals surface area contributed by atoms with E-state index in [1.54, 1.807) is 25.1 Å². The van der Waals surface area contributed by atoms with Crippen molar-refractivity contribution >= 4 is 50.4 Å². The molecule has 0 radical (unpaired) electrons. The topological polar surface area (TPSA) is 126 Å². The molecule has 81 heavy (non-hydrogen) atoms. The molecule has 3 amide bonds. The van der Waals surface area contributed by atoms with Gasteiger partial charge < -0.3 is 16.0 Å². The van der Waals surface area contributed by atoms with Crippen LogP contribution in [0.25, 0.3) is 32.7 Å². The third kappa shape index (κ3) is 18.3. The van der Waals surface area contributed by atoms with Crippen molar-refractivity contribution in [2.24, 2.45) is 17.3 Å². The molecule has 3 fully saturated rings. The van der Waals surface area contributed by atoms with Gasteiger partial charge in [-0.1, -0.05) is 101 Å². The highest BCUT2D eigenvalue weighted by atomic mass is 19.4. The van der Waals surface area contributed by atoms with Gasteiger partial charge in [0.25, 0.3) is 17.7 Å². The fourth-order valence-electron chi connectivity index (χ4n) is 12.0. The summed E-state index contributed by atoms with van der Waals surface area (Å²) in [6, 6.07) is 17.7. The normalized spacial score (nSPS) is 18.1. The van der Waals surface area contributed by atoms with Gasteiger partial charge in [0, 0.05) is 57.8 Å². The average molecular weight is 1140 g/mol. The van der Waals surface area contributed by atoms with Gasteiger partial charge in [-0.15, -0.1) is 0 Å². The lowest BCUT2D eigenvalue weighted by Gasteiger charge is -2.36. The first-order valence-corrected chi connectivity index (χ1v) is 27.4. The lowest BCUT2D eigenvalue weighted by Crippen LogP contribution is -2.50. The molecule has 0 aliphatic heterocycles. The molecule has 0 saturated heterocycles. The van der Waals surface area contributed by atoms with Crippen LogP contribution in [0, 0.1) is 34.7 Å². The summed E-state index contributed by atoms with van der Waals surface area (Å²) in [7, 11) is 0. The van der Waals surface area contributed by atoms with Gasteiger partial charge in [-0.3, -0.25) is 29.3 Å². The molecule has 0 spiro atoms. The van der Waals surface area contributed by atoms with E-state index < -0.39 is 89.3 Å². The summed E-state index contributed by atoms with van der Waals surface area (Å²) in [5.41, 5.74) is -2.92. The SMILES string of the molecule is CC(F)(F)C[C@](C)(CC1(C)CC1)NC(=O)c1cnc2c(F)cccc2c1.C[C@](CC1CCCC1)(CC(F)(F)F)NC(=O)c1cnc2c(F)cccc2c1.C[C@](CC1CCCCC1)(CC(F)(F)F)NC(=O)c1cnc2c(F)cccc2c1. The van der Waals surface area contributed by atoms with Crippen LogP contribution in [0.2, 0.25) is 0 Å². The zero-order valence-electron chi connectivity index (χ0n) is 46.1. The maximum atomic E-state index is 13.7. The van der Waals surface area contributed by atoms with Gasteiger partial charge >= 0.3 is 12.4 Å². The Labute approximate surface area is 464 Å². The number of hydrogen-bond donors (Lipinski definition) is 3. The first-order chi connectivity index (χ1) is 37.8. The number of halogens is 11. The minimum Gasteiger partial charge on any atom is -0.347 e. The highest BCUT2D eigenvalue weighted by Crippen LogP contribution is 2.52. The number of carbonyl (C=O) groups is 3. The molecule has 3 atom stereocenters. The Morgan fingerprint density at radius 3 is 1.12 bits per heavy atom. The molecule has 3 aromatic heterocycles. The quantitative estimate of drug-likeness (QED) is 0.0829. The van der Waals surface area contributed by atoms with Crippen LogP contribution >= 0.6 is 0 Å². The van der Waals surface area contributed by atoms with E-state index in [1.165, 1.54) is 87.0 Å². The Balaban J connectivity index is 0.000000175. The molecule has 6 aromatic rings. The number of benzene rings is 3. The summed E-state index contributed by atoms with van der Waals surface area (Å²) in [5.74, 6) is -5.75. The molecular formula is C61H69F11N6O3. The number of amides is 3. The fourth-order valence-corrected chi connectivity index (χ4v) is 12.0. The summed E-state index contributed by atoms with van der Waals surface area (Å²) in [5, 5.41) is 9.32. The number of carbonyl (C=O) groups excluding carboxylic acids is 3. The predicted octanol–water partition coefficient (Wildman–Crippen LogP) is 16.3. The zero-order valence-corrected chi connectivity index (χ0v) is 46.1. The van der Waals surface area contributed by atoms with Gasteiger partial charge in [0.15, 0.2) is 0 Å². The van der Waals surface area contributed by atoms with Crippen molar-refractivity contribution in [1.29, 1.82) is 0 Å². The molecule has 0 unspecified atom stereocenters. The Hall–Kier alpha value is -6.47. The van der Waals surface area contributed by atoms with Gasteiger partial charge in [-0.05, 0) is 113 Å². The average Bonchev–Trinajstić information content (AvgIpc) is 4.10. The highest BCUT2D eigenvalue weighted by molar-refractivity contribution is 5.99. The number of rotatable bonds is 16. The molecule has 20 heteroatoms. The van der Waals surface area contributed by atoms with Crippen LogP contribution in [0.4, 0.5) is 48.3 Å². The van der Waals surface area contributed by atoms with Crippen molar-refractivity contribution in [1.82, 2.24) is 30.9 Å². The van der Waals surface area contributed by atoms with Gasteiger partial charge in [0.05, 0.1) is 29.5 Å². The van der Waals surface area contributed by atoms with E-state index >= 15 is 0 Å². The molecule has 0 bridgehead atoms. The molecule has 3 aromatic carbocycles. The molecule has 3 aliphatic carbocycles. The van der Waals surface area contributed by atoms with Crippen LogP contribution in [0.3, 0.4) is 0 Å². The zero-order chi connectivity index (χ0) is 59.2. The smallest absolute Gasteiger partial charge is 0.347 e. The Kier molecular flexibility index (Phi) is 19.1. The maximum Gasteiger partial charge on any atom is 0.391 e. The van der Waals surface area contributed by atoms with Crippen LogP contribution < -0.4 is 16.0 Å². The van der Waals surface area contributed by atoms with Gasteiger partial charge in [-0.2, -0.15) is 26.3 Å². The third-order valence-electron chi connectivity index (χ3n) is 15.5. The van der Waals surface area contributed by atoms with Gasteiger partial charge in [0.2, 0.25) is 5.92 Å². The number of pyridine rings is 3. The Bertz CT molecular complexity index is 3180. The second-order valence-electron chi connectivity index (χ2n) is 24.0. The maximum absolute atomic E-state index is 13.7. The summed E-state index contributed by atoms with van der Waals surface area (Å²) < 4.78 is 148. The highest BCUT2D eigenvalue weighted by Gasteiger charge is 2.48. The second kappa shape index (κ2) is 24.9. The van der Waals surface area contributed by atoms with Gasteiger partial charge in [-0.25, -0.2) is 22.0 Å². The molecule has 9 nitrogen and oxygen atoms in total. The van der Waals surface area contributed by atoms with Crippen molar-refractivity contribution < 1.29 is 62.7 Å². The second-order valence-corrected chi connectivity index (χ2v) is 24.0. The lowest BCUT2D eigenvalue weighted by atomic mass is 9.78. The number of nitrogens with zero attached hydrogens (tertiary/aromatic N) is 3. The molecule has 3 saturated carbocycles. The van der Waals surface area contributed by atoms with Crippen LogP contribution in [-0.4, -0.2) is 67.6 Å². The van der Waals surface area contributed by atoms with E-state index in [1.807, 2.05) is 6.92 Å². The fraction of sp³-hybridized carbons (Fsp3) is 0.508. The largest absolute Gasteiger partial charge is 0.391 e. The summed E-state index contributed by atoms with van der Waals surface area (Å²) in [4.78, 5) is 50.0. The van der Waals surface area contributed by atoms with Crippen LogP contribution in [0.1, 0.15) is 175 Å². The number of fused-ring (bicyclic) bond motifs is 3. The minimum atomic E-state index is -4.39. The van der Waals surface area contributed by atoms with E-state index in [2.05, 4.69) is 30.9 Å². The van der Waals surface area contributed by atoms with Gasteiger partial charge in [0.1, 0.15) is 34.0 Å². The minimum absolute atomic E-state index is 0.00194. The lowest BCUT2D eigenvalue weighted by molar-refractivity contribution is -0.150. The monoisotopic (exact) mass is 1140 g/mol. The Morgan fingerprint density at radius 2 is 0.815 bits per heavy atom. The van der Waals surface area contributed by atoms with Crippen molar-refractivity contribution in [3.8, 4) is 0 Å². The van der Waals surface area contributed by atoms with E-state index in [0.29, 0.717) is 22.6 Å². The molecule has 3 aliphatic rings. The molecule has 3 heterocycles. The summed E-state index contributed by atoms with van der Waals surface area (Å²) in [6.07, 6.45) is 4.05. The van der Waals surface area contributed by atoms with E-state index in [-0.39, 0.29) is 63.3 Å². The number of para-hydroxylation sites is 3. The van der Waals surface area contributed by atoms with Crippen molar-refractivity contribution in [2.75, 3.05) is 0 Å². The van der Waals surface area contributed by atoms with E-state index in [9.17, 15) is 62.7 Å². The number of hydrogen-bond acceptors (Lipinski definition) is 6. The van der Waals surface area contributed by atoms with Crippen LogP contribution in [0.5, 0.6) is 0 Å². The number of alkyl halides is 8. The van der Waals surface area contributed by atoms with Crippen molar-refractivity contribution in [3.05, 3.63) is 126 Å².